The molecule has 1 aromatic rings. The molecule has 1 rings (SSSR count). The largest absolute Gasteiger partial charge is 0.373 e. The fourth-order valence-electron chi connectivity index (χ4n) is 1.61. The van der Waals surface area contributed by atoms with Crippen molar-refractivity contribution in [3.63, 3.8) is 0 Å². The number of hydrogen-bond donors (Lipinski definition) is 1. The zero-order chi connectivity index (χ0) is 12.8. The maximum absolute atomic E-state index is 12.0. The Kier molecular flexibility index (Phi) is 5.41. The molecule has 1 aromatic heterocycles. The molecule has 1 heterocycles. The average Bonchev–Trinajstić information content (AvgIpc) is 2.30. The van der Waals surface area contributed by atoms with Crippen molar-refractivity contribution in [1.82, 2.24) is 9.88 Å². The first-order valence-corrected chi connectivity index (χ1v) is 6.53. The van der Waals surface area contributed by atoms with Gasteiger partial charge in [-0.15, -0.1) is 0 Å². The Morgan fingerprint density at radius 2 is 2.12 bits per heavy atom. The molecule has 0 aliphatic carbocycles. The fourth-order valence-corrected chi connectivity index (χ4v) is 1.98. The SMILES string of the molecule is CCN(CC)C(=O)C(C)Nc1cncc(Br)c1. The number of likely N-dealkylation sites (N-methyl/N-ethyl adjacent to an activating group) is 1. The van der Waals surface area contributed by atoms with E-state index >= 15 is 0 Å². The summed E-state index contributed by atoms with van der Waals surface area (Å²) < 4.78 is 0.894. The Labute approximate surface area is 111 Å². The Morgan fingerprint density at radius 1 is 1.47 bits per heavy atom. The maximum atomic E-state index is 12.0. The number of nitrogens with one attached hydrogen (secondary N) is 1. The summed E-state index contributed by atoms with van der Waals surface area (Å²) in [5.74, 6) is 0.106. The third-order valence-electron chi connectivity index (χ3n) is 2.53. The number of aromatic nitrogens is 1. The lowest BCUT2D eigenvalue weighted by atomic mass is 10.2. The van der Waals surface area contributed by atoms with Crippen molar-refractivity contribution >= 4 is 27.5 Å². The van der Waals surface area contributed by atoms with E-state index in [0.717, 1.165) is 23.2 Å². The van der Waals surface area contributed by atoms with Crippen LogP contribution in [0.3, 0.4) is 0 Å². The highest BCUT2D eigenvalue weighted by atomic mass is 79.9. The maximum Gasteiger partial charge on any atom is 0.244 e. The molecule has 0 radical (unpaired) electrons. The molecule has 0 spiro atoms. The summed E-state index contributed by atoms with van der Waals surface area (Å²) in [5, 5.41) is 3.15. The van der Waals surface area contributed by atoms with Crippen LogP contribution in [0.5, 0.6) is 0 Å². The number of carbonyl (C=O) groups is 1. The molecule has 0 aliphatic rings. The number of rotatable bonds is 5. The van der Waals surface area contributed by atoms with Crippen molar-refractivity contribution in [2.24, 2.45) is 0 Å². The Balaban J connectivity index is 2.65. The highest BCUT2D eigenvalue weighted by Gasteiger charge is 2.17. The molecule has 1 amide bonds. The van der Waals surface area contributed by atoms with E-state index in [9.17, 15) is 4.79 Å². The Hall–Kier alpha value is -1.10. The van der Waals surface area contributed by atoms with E-state index in [1.54, 1.807) is 12.4 Å². The molecule has 0 fully saturated rings. The third kappa shape index (κ3) is 4.00. The molecule has 1 N–H and O–H groups in total. The van der Waals surface area contributed by atoms with Gasteiger partial charge in [-0.05, 0) is 42.8 Å². The van der Waals surface area contributed by atoms with E-state index in [1.165, 1.54) is 0 Å². The second kappa shape index (κ2) is 6.59. The normalized spacial score (nSPS) is 12.0. The lowest BCUT2D eigenvalue weighted by Gasteiger charge is -2.23. The lowest BCUT2D eigenvalue weighted by Crippen LogP contribution is -2.41. The van der Waals surface area contributed by atoms with Gasteiger partial charge < -0.3 is 10.2 Å². The van der Waals surface area contributed by atoms with E-state index in [-0.39, 0.29) is 11.9 Å². The van der Waals surface area contributed by atoms with Crippen molar-refractivity contribution < 1.29 is 4.79 Å². The molecular weight excluding hydrogens is 282 g/mol. The zero-order valence-electron chi connectivity index (χ0n) is 10.4. The highest BCUT2D eigenvalue weighted by molar-refractivity contribution is 9.10. The van der Waals surface area contributed by atoms with Crippen molar-refractivity contribution in [3.8, 4) is 0 Å². The van der Waals surface area contributed by atoms with Gasteiger partial charge in [0.1, 0.15) is 6.04 Å². The van der Waals surface area contributed by atoms with Crippen LogP contribution in [-0.4, -0.2) is 34.9 Å². The number of anilines is 1. The predicted octanol–water partition coefficient (Wildman–Crippen LogP) is 2.51. The zero-order valence-corrected chi connectivity index (χ0v) is 12.0. The van der Waals surface area contributed by atoms with Crippen molar-refractivity contribution in [2.75, 3.05) is 18.4 Å². The van der Waals surface area contributed by atoms with Gasteiger partial charge in [0.2, 0.25) is 5.91 Å². The van der Waals surface area contributed by atoms with Gasteiger partial charge in [-0.2, -0.15) is 0 Å². The van der Waals surface area contributed by atoms with Crippen LogP contribution in [0.15, 0.2) is 22.9 Å². The first-order chi connectivity index (χ1) is 8.08. The topological polar surface area (TPSA) is 45.2 Å². The lowest BCUT2D eigenvalue weighted by molar-refractivity contribution is -0.131. The number of carbonyl (C=O) groups excluding carboxylic acids is 1. The molecule has 0 aromatic carbocycles. The van der Waals surface area contributed by atoms with Crippen LogP contribution in [-0.2, 0) is 4.79 Å². The molecule has 0 saturated carbocycles. The molecular formula is C12H18BrN3O. The molecule has 0 bridgehead atoms. The molecule has 17 heavy (non-hydrogen) atoms. The minimum absolute atomic E-state index is 0.106. The van der Waals surface area contributed by atoms with Gasteiger partial charge in [-0.3, -0.25) is 9.78 Å². The van der Waals surface area contributed by atoms with Crippen LogP contribution in [0.1, 0.15) is 20.8 Å². The van der Waals surface area contributed by atoms with Gasteiger partial charge in [0.25, 0.3) is 0 Å². The molecule has 5 heteroatoms. The van der Waals surface area contributed by atoms with Crippen LogP contribution in [0.2, 0.25) is 0 Å². The third-order valence-corrected chi connectivity index (χ3v) is 2.97. The van der Waals surface area contributed by atoms with Crippen LogP contribution in [0.25, 0.3) is 0 Å². The van der Waals surface area contributed by atoms with Crippen LogP contribution in [0.4, 0.5) is 5.69 Å². The quantitative estimate of drug-likeness (QED) is 0.909. The van der Waals surface area contributed by atoms with Gasteiger partial charge in [0, 0.05) is 23.8 Å². The monoisotopic (exact) mass is 299 g/mol. The molecule has 4 nitrogen and oxygen atoms in total. The summed E-state index contributed by atoms with van der Waals surface area (Å²) in [6, 6.07) is 1.66. The molecule has 94 valence electrons. The average molecular weight is 300 g/mol. The number of halogens is 1. The minimum atomic E-state index is -0.244. The number of nitrogens with zero attached hydrogens (tertiary/aromatic N) is 2. The van der Waals surface area contributed by atoms with E-state index in [1.807, 2.05) is 31.7 Å². The fraction of sp³-hybridized carbons (Fsp3) is 0.500. The van der Waals surface area contributed by atoms with Crippen molar-refractivity contribution in [1.29, 1.82) is 0 Å². The molecule has 1 unspecified atom stereocenters. The number of amides is 1. The van der Waals surface area contributed by atoms with E-state index in [2.05, 4.69) is 26.2 Å². The van der Waals surface area contributed by atoms with Crippen LogP contribution in [0, 0.1) is 0 Å². The Bertz CT molecular complexity index is 380. The summed E-state index contributed by atoms with van der Waals surface area (Å²) in [6.07, 6.45) is 3.42. The van der Waals surface area contributed by atoms with Gasteiger partial charge >= 0.3 is 0 Å². The first-order valence-electron chi connectivity index (χ1n) is 5.74. The smallest absolute Gasteiger partial charge is 0.244 e. The van der Waals surface area contributed by atoms with Gasteiger partial charge in [-0.25, -0.2) is 0 Å². The van der Waals surface area contributed by atoms with Crippen LogP contribution < -0.4 is 5.32 Å². The summed E-state index contributed by atoms with van der Waals surface area (Å²) in [5.41, 5.74) is 0.840. The number of pyridine rings is 1. The van der Waals surface area contributed by atoms with Gasteiger partial charge in [0.05, 0.1) is 11.9 Å². The second-order valence-corrected chi connectivity index (χ2v) is 4.68. The molecule has 1 atom stereocenters. The first kappa shape index (κ1) is 14.0. The minimum Gasteiger partial charge on any atom is -0.373 e. The van der Waals surface area contributed by atoms with Gasteiger partial charge in [0.15, 0.2) is 0 Å². The molecule has 0 saturated heterocycles. The van der Waals surface area contributed by atoms with Gasteiger partial charge in [-0.1, -0.05) is 0 Å². The summed E-state index contributed by atoms with van der Waals surface area (Å²) >= 11 is 3.35. The molecule has 0 aliphatic heterocycles. The predicted molar refractivity (Wildman–Crippen MR) is 72.9 cm³/mol. The van der Waals surface area contributed by atoms with E-state index < -0.39 is 0 Å². The number of hydrogen-bond acceptors (Lipinski definition) is 3. The summed E-state index contributed by atoms with van der Waals surface area (Å²) in [6.45, 7) is 7.29. The van der Waals surface area contributed by atoms with Crippen molar-refractivity contribution in [2.45, 2.75) is 26.8 Å². The highest BCUT2D eigenvalue weighted by Crippen LogP contribution is 2.14. The Morgan fingerprint density at radius 3 is 2.65 bits per heavy atom. The van der Waals surface area contributed by atoms with E-state index in [4.69, 9.17) is 0 Å². The standard InChI is InChI=1S/C12H18BrN3O/c1-4-16(5-2)12(17)9(3)15-11-6-10(13)7-14-8-11/h6-9,15H,4-5H2,1-3H3. The van der Waals surface area contributed by atoms with Crippen molar-refractivity contribution in [3.05, 3.63) is 22.9 Å². The second-order valence-electron chi connectivity index (χ2n) is 3.77. The van der Waals surface area contributed by atoms with Crippen LogP contribution >= 0.6 is 15.9 Å². The summed E-state index contributed by atoms with van der Waals surface area (Å²) in [4.78, 5) is 17.9. The summed E-state index contributed by atoms with van der Waals surface area (Å²) in [7, 11) is 0. The van der Waals surface area contributed by atoms with E-state index in [0.29, 0.717) is 0 Å².